The minimum atomic E-state index is 0.880. The highest BCUT2D eigenvalue weighted by Crippen LogP contribution is 2.11. The average molecular weight is 215 g/mol. The fraction of sp³-hybridized carbons (Fsp3) is 0.375. The van der Waals surface area contributed by atoms with E-state index in [1.807, 2.05) is 20.0 Å². The van der Waals surface area contributed by atoms with Crippen LogP contribution in [0.15, 0.2) is 12.1 Å². The minimum absolute atomic E-state index is 0.880. The minimum Gasteiger partial charge on any atom is -0.373 e. The molecule has 0 amide bonds. The van der Waals surface area contributed by atoms with Gasteiger partial charge in [-0.15, -0.1) is 0 Å². The van der Waals surface area contributed by atoms with Gasteiger partial charge in [0.1, 0.15) is 5.82 Å². The summed E-state index contributed by atoms with van der Waals surface area (Å²) in [7, 11) is 1.87. The SMILES string of the molecule is CNc1cc(CBr)cc(C)n1. The highest BCUT2D eigenvalue weighted by Gasteiger charge is 1.95. The van der Waals surface area contributed by atoms with Crippen LogP contribution in [0.3, 0.4) is 0 Å². The number of hydrogen-bond acceptors (Lipinski definition) is 2. The van der Waals surface area contributed by atoms with E-state index in [2.05, 4.69) is 32.3 Å². The number of pyridine rings is 1. The van der Waals surface area contributed by atoms with Crippen LogP contribution < -0.4 is 5.32 Å². The summed E-state index contributed by atoms with van der Waals surface area (Å²) in [5.74, 6) is 0.930. The van der Waals surface area contributed by atoms with Crippen molar-refractivity contribution in [2.24, 2.45) is 0 Å². The summed E-state index contributed by atoms with van der Waals surface area (Å²) in [5, 5.41) is 3.89. The smallest absolute Gasteiger partial charge is 0.126 e. The first-order valence-electron chi connectivity index (χ1n) is 3.47. The fourth-order valence-corrected chi connectivity index (χ4v) is 1.27. The Morgan fingerprint density at radius 2 is 2.27 bits per heavy atom. The summed E-state index contributed by atoms with van der Waals surface area (Å²) in [6.07, 6.45) is 0. The quantitative estimate of drug-likeness (QED) is 0.765. The van der Waals surface area contributed by atoms with Gasteiger partial charge in [-0.25, -0.2) is 4.98 Å². The summed E-state index contributed by atoms with van der Waals surface area (Å²) in [6, 6.07) is 4.09. The molecule has 1 aromatic heterocycles. The van der Waals surface area contributed by atoms with Gasteiger partial charge >= 0.3 is 0 Å². The number of aryl methyl sites for hydroxylation is 1. The molecule has 0 saturated heterocycles. The van der Waals surface area contributed by atoms with Crippen LogP contribution in [0, 0.1) is 6.92 Å². The van der Waals surface area contributed by atoms with E-state index in [1.54, 1.807) is 0 Å². The number of nitrogens with zero attached hydrogens (tertiary/aromatic N) is 1. The van der Waals surface area contributed by atoms with Crippen LogP contribution in [0.4, 0.5) is 5.82 Å². The summed E-state index contributed by atoms with van der Waals surface area (Å²) in [4.78, 5) is 4.27. The number of aromatic nitrogens is 1. The first-order valence-corrected chi connectivity index (χ1v) is 4.59. The molecule has 1 aromatic rings. The molecule has 2 nitrogen and oxygen atoms in total. The van der Waals surface area contributed by atoms with Crippen LogP contribution in [-0.2, 0) is 5.33 Å². The van der Waals surface area contributed by atoms with Crippen molar-refractivity contribution >= 4 is 21.7 Å². The second-order valence-corrected chi connectivity index (χ2v) is 2.95. The van der Waals surface area contributed by atoms with Crippen LogP contribution in [0.1, 0.15) is 11.3 Å². The average Bonchev–Trinajstić information content (AvgIpc) is 2.03. The largest absolute Gasteiger partial charge is 0.373 e. The summed E-state index contributed by atoms with van der Waals surface area (Å²) < 4.78 is 0. The normalized spacial score (nSPS) is 9.73. The Labute approximate surface area is 75.2 Å². The van der Waals surface area contributed by atoms with Crippen molar-refractivity contribution in [3.63, 3.8) is 0 Å². The Balaban J connectivity index is 3.02. The molecule has 60 valence electrons. The molecule has 1 heterocycles. The topological polar surface area (TPSA) is 24.9 Å². The predicted molar refractivity (Wildman–Crippen MR) is 51.2 cm³/mol. The number of nitrogens with one attached hydrogen (secondary N) is 1. The van der Waals surface area contributed by atoms with Gasteiger partial charge in [-0.3, -0.25) is 0 Å². The summed E-state index contributed by atoms with van der Waals surface area (Å²) >= 11 is 3.40. The van der Waals surface area contributed by atoms with E-state index < -0.39 is 0 Å². The lowest BCUT2D eigenvalue weighted by atomic mass is 10.2. The summed E-state index contributed by atoms with van der Waals surface area (Å²) in [5.41, 5.74) is 2.30. The zero-order valence-corrected chi connectivity index (χ0v) is 8.27. The van der Waals surface area contributed by atoms with Crippen LogP contribution in [-0.4, -0.2) is 12.0 Å². The molecule has 0 aliphatic rings. The third kappa shape index (κ3) is 2.19. The molecule has 0 spiro atoms. The maximum atomic E-state index is 4.27. The molecule has 0 saturated carbocycles. The van der Waals surface area contributed by atoms with Crippen molar-refractivity contribution in [3.05, 3.63) is 23.4 Å². The molecule has 0 radical (unpaired) electrons. The predicted octanol–water partition coefficient (Wildman–Crippen LogP) is 2.33. The highest BCUT2D eigenvalue weighted by molar-refractivity contribution is 9.08. The Morgan fingerprint density at radius 3 is 2.82 bits per heavy atom. The second-order valence-electron chi connectivity index (χ2n) is 2.39. The van der Waals surface area contributed by atoms with Gasteiger partial charge in [0.25, 0.3) is 0 Å². The van der Waals surface area contributed by atoms with Crippen LogP contribution in [0.2, 0.25) is 0 Å². The Kier molecular flexibility index (Phi) is 2.88. The van der Waals surface area contributed by atoms with Crippen molar-refractivity contribution < 1.29 is 0 Å². The molecule has 0 fully saturated rings. The molecule has 11 heavy (non-hydrogen) atoms. The lowest BCUT2D eigenvalue weighted by Crippen LogP contribution is -1.95. The van der Waals surface area contributed by atoms with E-state index in [0.717, 1.165) is 16.8 Å². The van der Waals surface area contributed by atoms with Crippen LogP contribution in [0.25, 0.3) is 0 Å². The molecule has 1 N–H and O–H groups in total. The molecule has 0 bridgehead atoms. The molecular formula is C8H11BrN2. The van der Waals surface area contributed by atoms with Gasteiger partial charge in [-0.1, -0.05) is 15.9 Å². The Bertz CT molecular complexity index is 226. The molecule has 0 unspecified atom stereocenters. The maximum Gasteiger partial charge on any atom is 0.126 e. The summed E-state index contributed by atoms with van der Waals surface area (Å²) in [6.45, 7) is 1.99. The molecule has 0 atom stereocenters. The standard InChI is InChI=1S/C8H11BrN2/c1-6-3-7(5-9)4-8(10-2)11-6/h3-4H,5H2,1-2H3,(H,10,11). The van der Waals surface area contributed by atoms with Crippen molar-refractivity contribution in [2.45, 2.75) is 12.3 Å². The van der Waals surface area contributed by atoms with E-state index in [0.29, 0.717) is 0 Å². The molecular weight excluding hydrogens is 204 g/mol. The van der Waals surface area contributed by atoms with Gasteiger partial charge in [0.15, 0.2) is 0 Å². The van der Waals surface area contributed by atoms with E-state index in [-0.39, 0.29) is 0 Å². The Hall–Kier alpha value is -0.570. The highest BCUT2D eigenvalue weighted by atomic mass is 79.9. The number of alkyl halides is 1. The number of halogens is 1. The van der Waals surface area contributed by atoms with Crippen LogP contribution in [0.5, 0.6) is 0 Å². The van der Waals surface area contributed by atoms with Gasteiger partial charge in [0, 0.05) is 18.1 Å². The van der Waals surface area contributed by atoms with Crippen molar-refractivity contribution in [1.29, 1.82) is 0 Å². The van der Waals surface area contributed by atoms with Crippen molar-refractivity contribution in [1.82, 2.24) is 4.98 Å². The first kappa shape index (κ1) is 8.53. The molecule has 1 rings (SSSR count). The zero-order valence-electron chi connectivity index (χ0n) is 6.69. The van der Waals surface area contributed by atoms with Gasteiger partial charge in [0.2, 0.25) is 0 Å². The number of hydrogen-bond donors (Lipinski definition) is 1. The van der Waals surface area contributed by atoms with E-state index in [1.165, 1.54) is 5.56 Å². The lowest BCUT2D eigenvalue weighted by molar-refractivity contribution is 1.16. The van der Waals surface area contributed by atoms with Crippen molar-refractivity contribution in [2.75, 3.05) is 12.4 Å². The van der Waals surface area contributed by atoms with E-state index >= 15 is 0 Å². The number of anilines is 1. The fourth-order valence-electron chi connectivity index (χ4n) is 0.945. The van der Waals surface area contributed by atoms with E-state index in [9.17, 15) is 0 Å². The van der Waals surface area contributed by atoms with E-state index in [4.69, 9.17) is 0 Å². The van der Waals surface area contributed by atoms with Gasteiger partial charge in [0.05, 0.1) is 0 Å². The van der Waals surface area contributed by atoms with Gasteiger partial charge in [-0.2, -0.15) is 0 Å². The second kappa shape index (κ2) is 3.72. The Morgan fingerprint density at radius 1 is 1.55 bits per heavy atom. The first-order chi connectivity index (χ1) is 5.26. The molecule has 0 aliphatic carbocycles. The number of rotatable bonds is 2. The lowest BCUT2D eigenvalue weighted by Gasteiger charge is -2.02. The van der Waals surface area contributed by atoms with Crippen LogP contribution >= 0.6 is 15.9 Å². The molecule has 3 heteroatoms. The zero-order chi connectivity index (χ0) is 8.27. The van der Waals surface area contributed by atoms with Crippen molar-refractivity contribution in [3.8, 4) is 0 Å². The van der Waals surface area contributed by atoms with Gasteiger partial charge < -0.3 is 5.32 Å². The van der Waals surface area contributed by atoms with Gasteiger partial charge in [-0.05, 0) is 24.6 Å². The maximum absolute atomic E-state index is 4.27. The third-order valence-electron chi connectivity index (χ3n) is 1.42. The monoisotopic (exact) mass is 214 g/mol. The molecule has 0 aliphatic heterocycles. The third-order valence-corrected chi connectivity index (χ3v) is 2.07. The molecule has 0 aromatic carbocycles.